The van der Waals surface area contributed by atoms with E-state index >= 15 is 0 Å². The average Bonchev–Trinajstić information content (AvgIpc) is 2.04. The predicted octanol–water partition coefficient (Wildman–Crippen LogP) is 1.53. The first-order valence-electron chi connectivity index (χ1n) is 4.10. The number of ketones is 1. The van der Waals surface area contributed by atoms with Crippen LogP contribution in [0.5, 0.6) is 0 Å². The lowest BCUT2D eigenvalue weighted by Crippen LogP contribution is -2.11. The molecule has 0 aromatic carbocycles. The largest absolute Gasteiger partial charge is 0.376 e. The minimum absolute atomic E-state index is 0.0694. The molecule has 3 nitrogen and oxygen atoms in total. The number of carbonyl (C=O) groups is 1. The van der Waals surface area contributed by atoms with Crippen LogP contribution in [0.15, 0.2) is 12.3 Å². The van der Waals surface area contributed by atoms with Crippen LogP contribution in [0.25, 0.3) is 0 Å². The summed E-state index contributed by atoms with van der Waals surface area (Å²) in [7, 11) is 1.50. The van der Waals surface area contributed by atoms with Crippen LogP contribution in [0.4, 0.5) is 0 Å². The number of hydrogen-bond donors (Lipinski definition) is 0. The van der Waals surface area contributed by atoms with Gasteiger partial charge in [0.25, 0.3) is 0 Å². The summed E-state index contributed by atoms with van der Waals surface area (Å²) in [5, 5.41) is 0. The summed E-state index contributed by atoms with van der Waals surface area (Å²) in [6.45, 7) is 3.92. The summed E-state index contributed by atoms with van der Waals surface area (Å²) in [5.41, 5.74) is 2.47. The number of nitrogens with zero attached hydrogens (tertiary/aromatic N) is 1. The molecule has 0 saturated heterocycles. The lowest BCUT2D eigenvalue weighted by molar-refractivity contribution is 0.0842. The van der Waals surface area contributed by atoms with Crippen LogP contribution < -0.4 is 0 Å². The van der Waals surface area contributed by atoms with Crippen LogP contribution in [0.1, 0.15) is 21.6 Å². The van der Waals surface area contributed by atoms with Crippen molar-refractivity contribution in [2.75, 3.05) is 13.7 Å². The van der Waals surface area contributed by atoms with E-state index in [9.17, 15) is 4.79 Å². The first-order chi connectivity index (χ1) is 6.15. The van der Waals surface area contributed by atoms with Crippen LogP contribution >= 0.6 is 0 Å². The van der Waals surface area contributed by atoms with Gasteiger partial charge in [-0.3, -0.25) is 9.78 Å². The molecule has 1 aromatic rings. The Hall–Kier alpha value is -1.22. The summed E-state index contributed by atoms with van der Waals surface area (Å²) >= 11 is 0. The lowest BCUT2D eigenvalue weighted by Gasteiger charge is -2.03. The second-order valence-electron chi connectivity index (χ2n) is 3.03. The van der Waals surface area contributed by atoms with Crippen LogP contribution in [0.2, 0.25) is 0 Å². The number of ether oxygens (including phenoxy) is 1. The van der Waals surface area contributed by atoms with Crippen molar-refractivity contribution in [3.63, 3.8) is 0 Å². The third kappa shape index (κ3) is 2.36. The highest BCUT2D eigenvalue weighted by Crippen LogP contribution is 2.07. The molecule has 0 spiro atoms. The Morgan fingerprint density at radius 3 is 2.77 bits per heavy atom. The molecule has 1 rings (SSSR count). The van der Waals surface area contributed by atoms with Crippen molar-refractivity contribution < 1.29 is 9.53 Å². The molecule has 0 aliphatic heterocycles. The second-order valence-corrected chi connectivity index (χ2v) is 3.03. The molecule has 1 heterocycles. The number of carbonyl (C=O) groups excluding carboxylic acids is 1. The maximum Gasteiger partial charge on any atom is 0.206 e. The monoisotopic (exact) mass is 179 g/mol. The number of aromatic nitrogens is 1. The highest BCUT2D eigenvalue weighted by molar-refractivity contribution is 5.96. The van der Waals surface area contributed by atoms with Gasteiger partial charge >= 0.3 is 0 Å². The van der Waals surface area contributed by atoms with Crippen molar-refractivity contribution in [3.8, 4) is 0 Å². The van der Waals surface area contributed by atoms with Crippen molar-refractivity contribution in [1.82, 2.24) is 4.98 Å². The van der Waals surface area contributed by atoms with Crippen LogP contribution in [0.3, 0.4) is 0 Å². The third-order valence-electron chi connectivity index (χ3n) is 1.75. The van der Waals surface area contributed by atoms with E-state index in [1.165, 1.54) is 7.11 Å². The number of Topliss-reactive ketones (excluding diaryl/α,β-unsaturated/α-hetero) is 1. The van der Waals surface area contributed by atoms with Crippen molar-refractivity contribution >= 4 is 5.78 Å². The summed E-state index contributed by atoms with van der Waals surface area (Å²) < 4.78 is 4.75. The Morgan fingerprint density at radius 1 is 1.54 bits per heavy atom. The average molecular weight is 179 g/mol. The maximum absolute atomic E-state index is 11.4. The molecule has 70 valence electrons. The molecule has 0 unspecified atom stereocenters. The van der Waals surface area contributed by atoms with Gasteiger partial charge in [0.1, 0.15) is 12.3 Å². The molecule has 0 radical (unpaired) electrons. The maximum atomic E-state index is 11.4. The van der Waals surface area contributed by atoms with E-state index in [1.807, 2.05) is 19.9 Å². The molecule has 0 atom stereocenters. The highest BCUT2D eigenvalue weighted by Gasteiger charge is 2.09. The molecular weight excluding hydrogens is 166 g/mol. The number of rotatable bonds is 3. The topological polar surface area (TPSA) is 39.2 Å². The Labute approximate surface area is 77.8 Å². The molecule has 0 bridgehead atoms. The normalized spacial score (nSPS) is 10.1. The number of methoxy groups -OCH3 is 1. The van der Waals surface area contributed by atoms with Crippen LogP contribution in [-0.2, 0) is 4.74 Å². The smallest absolute Gasteiger partial charge is 0.206 e. The van der Waals surface area contributed by atoms with E-state index in [-0.39, 0.29) is 12.4 Å². The molecular formula is C10H13NO2. The molecule has 0 saturated carbocycles. The molecule has 0 fully saturated rings. The third-order valence-corrected chi connectivity index (χ3v) is 1.75. The van der Waals surface area contributed by atoms with Gasteiger partial charge in [-0.2, -0.15) is 0 Å². The van der Waals surface area contributed by atoms with Gasteiger partial charge in [-0.05, 0) is 25.0 Å². The minimum Gasteiger partial charge on any atom is -0.376 e. The number of hydrogen-bond acceptors (Lipinski definition) is 3. The molecule has 3 heteroatoms. The fourth-order valence-corrected chi connectivity index (χ4v) is 1.21. The van der Waals surface area contributed by atoms with Gasteiger partial charge in [0.05, 0.1) is 0 Å². The van der Waals surface area contributed by atoms with E-state index in [4.69, 9.17) is 4.74 Å². The predicted molar refractivity (Wildman–Crippen MR) is 49.9 cm³/mol. The zero-order valence-corrected chi connectivity index (χ0v) is 8.13. The zero-order valence-electron chi connectivity index (χ0n) is 8.13. The number of aryl methyl sites for hydroxylation is 2. The number of pyridine rings is 1. The lowest BCUT2D eigenvalue weighted by atomic mass is 10.1. The van der Waals surface area contributed by atoms with Gasteiger partial charge in [0, 0.05) is 13.3 Å². The fraction of sp³-hybridized carbons (Fsp3) is 0.400. The summed E-state index contributed by atoms with van der Waals surface area (Å²) in [4.78, 5) is 15.5. The molecule has 0 aliphatic carbocycles. The summed E-state index contributed by atoms with van der Waals surface area (Å²) in [6.07, 6.45) is 1.69. The zero-order chi connectivity index (χ0) is 9.84. The second kappa shape index (κ2) is 4.14. The Morgan fingerprint density at radius 2 is 2.23 bits per heavy atom. The SMILES string of the molecule is COCC(=O)c1ncc(C)cc1C. The van der Waals surface area contributed by atoms with Gasteiger partial charge in [-0.15, -0.1) is 0 Å². The van der Waals surface area contributed by atoms with Gasteiger partial charge in [-0.1, -0.05) is 6.07 Å². The standard InChI is InChI=1S/C10H13NO2/c1-7-4-8(2)10(11-5-7)9(12)6-13-3/h4-5H,6H2,1-3H3. The van der Waals surface area contributed by atoms with E-state index in [1.54, 1.807) is 6.20 Å². The van der Waals surface area contributed by atoms with E-state index in [0.717, 1.165) is 11.1 Å². The Balaban J connectivity index is 2.95. The van der Waals surface area contributed by atoms with Gasteiger partial charge < -0.3 is 4.74 Å². The van der Waals surface area contributed by atoms with Crippen molar-refractivity contribution in [3.05, 3.63) is 29.1 Å². The molecule has 0 N–H and O–H groups in total. The van der Waals surface area contributed by atoms with E-state index in [0.29, 0.717) is 5.69 Å². The molecule has 0 aliphatic rings. The summed E-state index contributed by atoms with van der Waals surface area (Å²) in [6, 6.07) is 1.94. The van der Waals surface area contributed by atoms with Gasteiger partial charge in [0.15, 0.2) is 0 Å². The van der Waals surface area contributed by atoms with Crippen molar-refractivity contribution in [2.24, 2.45) is 0 Å². The van der Waals surface area contributed by atoms with Crippen molar-refractivity contribution in [1.29, 1.82) is 0 Å². The van der Waals surface area contributed by atoms with E-state index < -0.39 is 0 Å². The fourth-order valence-electron chi connectivity index (χ4n) is 1.21. The van der Waals surface area contributed by atoms with Crippen molar-refractivity contribution in [2.45, 2.75) is 13.8 Å². The Bertz CT molecular complexity index is 321. The Kier molecular flexibility index (Phi) is 3.14. The molecule has 0 amide bonds. The first kappa shape index (κ1) is 9.86. The van der Waals surface area contributed by atoms with Crippen LogP contribution in [-0.4, -0.2) is 24.5 Å². The first-order valence-corrected chi connectivity index (χ1v) is 4.10. The highest BCUT2D eigenvalue weighted by atomic mass is 16.5. The van der Waals surface area contributed by atoms with Gasteiger partial charge in [0.2, 0.25) is 5.78 Å². The summed E-state index contributed by atoms with van der Waals surface area (Å²) in [5.74, 6) is -0.0694. The minimum atomic E-state index is -0.0694. The molecule has 1 aromatic heterocycles. The van der Waals surface area contributed by atoms with Crippen LogP contribution in [0, 0.1) is 13.8 Å². The van der Waals surface area contributed by atoms with Gasteiger partial charge in [-0.25, -0.2) is 0 Å². The quantitative estimate of drug-likeness (QED) is 0.660. The van der Waals surface area contributed by atoms with E-state index in [2.05, 4.69) is 4.98 Å². The molecule has 13 heavy (non-hydrogen) atoms.